The van der Waals surface area contributed by atoms with Crippen LogP contribution in [0.4, 0.5) is 5.69 Å². The number of likely N-dealkylation sites (N-methyl/N-ethyl adjacent to an activating group) is 1. The van der Waals surface area contributed by atoms with Crippen LogP contribution in [0.15, 0.2) is 54.6 Å². The Morgan fingerprint density at radius 2 is 1.62 bits per heavy atom. The largest absolute Gasteiger partial charge is 0.452 e. The van der Waals surface area contributed by atoms with E-state index in [1.54, 1.807) is 55.5 Å². The van der Waals surface area contributed by atoms with Gasteiger partial charge in [-0.25, -0.2) is 4.79 Å². The Kier molecular flexibility index (Phi) is 7.90. The summed E-state index contributed by atoms with van der Waals surface area (Å²) < 4.78 is 5.02. The standard InChI is InChI=1S/C21H23N3O5/c1-3-22-19(26)14(2)23-18(25)13-29-21(28)16-11-7-8-12-17(16)24-20(27)15-9-5-4-6-10-15/h4-12,14H,3,13H2,1-2H3,(H,22,26)(H,23,25)(H,24,27)/t14-/m1/s1. The van der Waals surface area contributed by atoms with Crippen molar-refractivity contribution in [2.45, 2.75) is 19.9 Å². The van der Waals surface area contributed by atoms with E-state index in [0.717, 1.165) is 0 Å². The summed E-state index contributed by atoms with van der Waals surface area (Å²) in [6.07, 6.45) is 0. The molecule has 8 heteroatoms. The van der Waals surface area contributed by atoms with E-state index in [0.29, 0.717) is 12.1 Å². The molecular weight excluding hydrogens is 374 g/mol. The zero-order chi connectivity index (χ0) is 21.2. The minimum Gasteiger partial charge on any atom is -0.452 e. The van der Waals surface area contributed by atoms with E-state index in [1.807, 2.05) is 0 Å². The highest BCUT2D eigenvalue weighted by molar-refractivity contribution is 6.08. The smallest absolute Gasteiger partial charge is 0.340 e. The molecule has 0 unspecified atom stereocenters. The molecule has 2 aromatic rings. The van der Waals surface area contributed by atoms with Gasteiger partial charge in [-0.3, -0.25) is 14.4 Å². The molecule has 0 spiro atoms. The molecule has 2 aromatic carbocycles. The van der Waals surface area contributed by atoms with Gasteiger partial charge in [-0.1, -0.05) is 30.3 Å². The molecule has 0 fully saturated rings. The monoisotopic (exact) mass is 397 g/mol. The third-order valence-electron chi connectivity index (χ3n) is 3.89. The number of benzene rings is 2. The number of carbonyl (C=O) groups excluding carboxylic acids is 4. The van der Waals surface area contributed by atoms with Gasteiger partial charge in [-0.05, 0) is 38.1 Å². The Balaban J connectivity index is 1.97. The first kappa shape index (κ1) is 21.6. The maximum atomic E-state index is 12.4. The second-order valence-corrected chi connectivity index (χ2v) is 6.13. The number of hydrogen-bond donors (Lipinski definition) is 3. The molecule has 3 amide bonds. The van der Waals surface area contributed by atoms with Crippen LogP contribution < -0.4 is 16.0 Å². The van der Waals surface area contributed by atoms with E-state index in [2.05, 4.69) is 16.0 Å². The fourth-order valence-corrected chi connectivity index (χ4v) is 2.44. The van der Waals surface area contributed by atoms with Crippen LogP contribution in [0.2, 0.25) is 0 Å². The number of para-hydroxylation sites is 1. The zero-order valence-corrected chi connectivity index (χ0v) is 16.2. The summed E-state index contributed by atoms with van der Waals surface area (Å²) >= 11 is 0. The lowest BCUT2D eigenvalue weighted by Crippen LogP contribution is -2.46. The molecule has 2 rings (SSSR count). The Labute approximate surface area is 168 Å². The van der Waals surface area contributed by atoms with Crippen LogP contribution in [0.1, 0.15) is 34.6 Å². The third kappa shape index (κ3) is 6.46. The molecule has 0 aliphatic rings. The SMILES string of the molecule is CCNC(=O)[C@@H](C)NC(=O)COC(=O)c1ccccc1NC(=O)c1ccccc1. The van der Waals surface area contributed by atoms with Crippen molar-refractivity contribution in [3.05, 3.63) is 65.7 Å². The molecular formula is C21H23N3O5. The second-order valence-electron chi connectivity index (χ2n) is 6.13. The summed E-state index contributed by atoms with van der Waals surface area (Å²) in [5, 5.41) is 7.68. The van der Waals surface area contributed by atoms with E-state index in [-0.39, 0.29) is 23.1 Å². The maximum absolute atomic E-state index is 12.4. The summed E-state index contributed by atoms with van der Waals surface area (Å²) in [6.45, 7) is 3.18. The van der Waals surface area contributed by atoms with Crippen molar-refractivity contribution >= 4 is 29.4 Å². The minimum atomic E-state index is -0.769. The number of rotatable bonds is 8. The summed E-state index contributed by atoms with van der Waals surface area (Å²) in [5.41, 5.74) is 0.818. The van der Waals surface area contributed by atoms with Crippen molar-refractivity contribution < 1.29 is 23.9 Å². The van der Waals surface area contributed by atoms with Crippen molar-refractivity contribution in [1.29, 1.82) is 0 Å². The normalized spacial score (nSPS) is 11.1. The van der Waals surface area contributed by atoms with Crippen molar-refractivity contribution in [1.82, 2.24) is 10.6 Å². The highest BCUT2D eigenvalue weighted by Crippen LogP contribution is 2.17. The molecule has 0 aromatic heterocycles. The van der Waals surface area contributed by atoms with Gasteiger partial charge < -0.3 is 20.7 Å². The van der Waals surface area contributed by atoms with Crippen LogP contribution in [0.3, 0.4) is 0 Å². The van der Waals surface area contributed by atoms with Gasteiger partial charge in [-0.2, -0.15) is 0 Å². The molecule has 0 radical (unpaired) electrons. The fraction of sp³-hybridized carbons (Fsp3) is 0.238. The molecule has 0 saturated carbocycles. The fourth-order valence-electron chi connectivity index (χ4n) is 2.44. The summed E-state index contributed by atoms with van der Waals surface area (Å²) in [5.74, 6) is -2.09. The highest BCUT2D eigenvalue weighted by atomic mass is 16.5. The average Bonchev–Trinajstić information content (AvgIpc) is 2.73. The molecule has 0 bridgehead atoms. The van der Waals surface area contributed by atoms with Crippen molar-refractivity contribution in [2.75, 3.05) is 18.5 Å². The van der Waals surface area contributed by atoms with E-state index in [4.69, 9.17) is 4.74 Å². The van der Waals surface area contributed by atoms with Gasteiger partial charge in [0.05, 0.1) is 11.3 Å². The van der Waals surface area contributed by atoms with Gasteiger partial charge in [0.2, 0.25) is 5.91 Å². The van der Waals surface area contributed by atoms with E-state index < -0.39 is 24.5 Å². The van der Waals surface area contributed by atoms with Gasteiger partial charge in [0.1, 0.15) is 6.04 Å². The number of nitrogens with one attached hydrogen (secondary N) is 3. The van der Waals surface area contributed by atoms with Gasteiger partial charge >= 0.3 is 5.97 Å². The van der Waals surface area contributed by atoms with Crippen LogP contribution >= 0.6 is 0 Å². The first-order valence-corrected chi connectivity index (χ1v) is 9.12. The van der Waals surface area contributed by atoms with Gasteiger partial charge in [0, 0.05) is 12.1 Å². The van der Waals surface area contributed by atoms with E-state index in [1.165, 1.54) is 13.0 Å². The molecule has 29 heavy (non-hydrogen) atoms. The predicted molar refractivity (Wildman–Crippen MR) is 107 cm³/mol. The molecule has 0 saturated heterocycles. The zero-order valence-electron chi connectivity index (χ0n) is 16.2. The number of hydrogen-bond acceptors (Lipinski definition) is 5. The maximum Gasteiger partial charge on any atom is 0.340 e. The lowest BCUT2D eigenvalue weighted by Gasteiger charge is -2.14. The molecule has 0 aliphatic carbocycles. The van der Waals surface area contributed by atoms with Crippen LogP contribution in [0.25, 0.3) is 0 Å². The number of anilines is 1. The summed E-state index contributed by atoms with van der Waals surface area (Å²) in [4.78, 5) is 48.2. The topological polar surface area (TPSA) is 114 Å². The number of esters is 1. The highest BCUT2D eigenvalue weighted by Gasteiger charge is 2.18. The van der Waals surface area contributed by atoms with Crippen molar-refractivity contribution in [3.8, 4) is 0 Å². The predicted octanol–water partition coefficient (Wildman–Crippen LogP) is 1.74. The molecule has 0 heterocycles. The third-order valence-corrected chi connectivity index (χ3v) is 3.89. The summed E-state index contributed by atoms with van der Waals surface area (Å²) in [6, 6.07) is 14.1. The Morgan fingerprint density at radius 3 is 2.31 bits per heavy atom. The number of ether oxygens (including phenoxy) is 1. The summed E-state index contributed by atoms with van der Waals surface area (Å²) in [7, 11) is 0. The van der Waals surface area contributed by atoms with Crippen molar-refractivity contribution in [2.24, 2.45) is 0 Å². The molecule has 8 nitrogen and oxygen atoms in total. The van der Waals surface area contributed by atoms with E-state index >= 15 is 0 Å². The Bertz CT molecular complexity index is 883. The second kappa shape index (κ2) is 10.6. The molecule has 1 atom stereocenters. The van der Waals surface area contributed by atoms with Gasteiger partial charge in [0.15, 0.2) is 6.61 Å². The van der Waals surface area contributed by atoms with Crippen LogP contribution in [-0.4, -0.2) is 42.9 Å². The van der Waals surface area contributed by atoms with Crippen LogP contribution in [0.5, 0.6) is 0 Å². The lowest BCUT2D eigenvalue weighted by atomic mass is 10.1. The van der Waals surface area contributed by atoms with Gasteiger partial charge in [-0.15, -0.1) is 0 Å². The van der Waals surface area contributed by atoms with E-state index in [9.17, 15) is 19.2 Å². The Morgan fingerprint density at radius 1 is 0.966 bits per heavy atom. The van der Waals surface area contributed by atoms with Crippen LogP contribution in [0, 0.1) is 0 Å². The van der Waals surface area contributed by atoms with Gasteiger partial charge in [0.25, 0.3) is 11.8 Å². The Hall–Kier alpha value is -3.68. The first-order valence-electron chi connectivity index (χ1n) is 9.12. The molecule has 152 valence electrons. The quantitative estimate of drug-likeness (QED) is 0.587. The average molecular weight is 397 g/mol. The number of amides is 3. The number of carbonyl (C=O) groups is 4. The minimum absolute atomic E-state index is 0.112. The van der Waals surface area contributed by atoms with Crippen LogP contribution in [-0.2, 0) is 14.3 Å². The molecule has 3 N–H and O–H groups in total. The van der Waals surface area contributed by atoms with Crippen molar-refractivity contribution in [3.63, 3.8) is 0 Å². The lowest BCUT2D eigenvalue weighted by molar-refractivity contribution is -0.130. The first-order chi connectivity index (χ1) is 13.9. The molecule has 0 aliphatic heterocycles.